The summed E-state index contributed by atoms with van der Waals surface area (Å²) in [5.74, 6) is -1.17. The Morgan fingerprint density at radius 3 is 2.66 bits per heavy atom. The molecular formula is C37H45N5O7S. The van der Waals surface area contributed by atoms with Crippen molar-refractivity contribution in [3.63, 3.8) is 0 Å². The van der Waals surface area contributed by atoms with Gasteiger partial charge in [0.1, 0.15) is 29.3 Å². The maximum Gasteiger partial charge on any atom is 0.408 e. The van der Waals surface area contributed by atoms with E-state index in [0.29, 0.717) is 30.2 Å². The molecule has 0 radical (unpaired) electrons. The highest BCUT2D eigenvalue weighted by molar-refractivity contribution is 7.20. The molecule has 1 aromatic heterocycles. The lowest BCUT2D eigenvalue weighted by Crippen LogP contribution is -2.58. The van der Waals surface area contributed by atoms with E-state index in [-0.39, 0.29) is 18.9 Å². The Morgan fingerprint density at radius 1 is 1.08 bits per heavy atom. The fraction of sp³-hybridized carbons (Fsp3) is 0.486. The molecule has 2 fully saturated rings. The number of carbonyl (C=O) groups is 4. The molecule has 3 aromatic rings. The van der Waals surface area contributed by atoms with Gasteiger partial charge in [-0.3, -0.25) is 14.4 Å². The monoisotopic (exact) mass is 703 g/mol. The minimum Gasteiger partial charge on any atom is -0.465 e. The molecule has 0 bridgehead atoms. The number of benzene rings is 2. The van der Waals surface area contributed by atoms with Gasteiger partial charge in [0.25, 0.3) is 11.1 Å². The molecule has 266 valence electrons. The maximum absolute atomic E-state index is 14.3. The molecule has 6 rings (SSSR count). The Morgan fingerprint density at radius 2 is 1.88 bits per heavy atom. The number of carbonyl (C=O) groups excluding carboxylic acids is 4. The third-order valence-corrected chi connectivity index (χ3v) is 10.0. The second-order valence-electron chi connectivity index (χ2n) is 14.3. The number of rotatable bonds is 6. The van der Waals surface area contributed by atoms with Gasteiger partial charge in [-0.1, -0.05) is 60.6 Å². The number of aromatic nitrogens is 1. The van der Waals surface area contributed by atoms with Crippen molar-refractivity contribution in [2.24, 2.45) is 5.92 Å². The van der Waals surface area contributed by atoms with Crippen LogP contribution in [0.2, 0.25) is 0 Å². The lowest BCUT2D eigenvalue weighted by molar-refractivity contribution is -0.142. The summed E-state index contributed by atoms with van der Waals surface area (Å²) in [6.45, 7) is 7.37. The summed E-state index contributed by atoms with van der Waals surface area (Å²) in [7, 11) is 0. The SMILES string of the molecule is Cc1ccc2nc(O[C@@H]3C[C@H]4C(=O)N[C@]5(C(=O)NOc6ccccc6)C[C@H]5/C=C\CCCCC[C@H](NC(=O)OC(C)(C)C)C(=O)N4C3)sc2c1. The number of nitrogens with zero attached hydrogens (tertiary/aromatic N) is 2. The number of amides is 4. The van der Waals surface area contributed by atoms with Crippen molar-refractivity contribution >= 4 is 45.4 Å². The van der Waals surface area contributed by atoms with Crippen LogP contribution in [0.1, 0.15) is 71.3 Å². The quantitative estimate of drug-likeness (QED) is 0.230. The number of ether oxygens (including phenoxy) is 2. The fourth-order valence-electron chi connectivity index (χ4n) is 6.50. The molecule has 4 amide bonds. The molecule has 3 heterocycles. The number of thiazole rings is 1. The summed E-state index contributed by atoms with van der Waals surface area (Å²) in [6.07, 6.45) is 6.84. The van der Waals surface area contributed by atoms with Crippen molar-refractivity contribution in [1.82, 2.24) is 26.0 Å². The Balaban J connectivity index is 1.27. The minimum absolute atomic E-state index is 0.0953. The van der Waals surface area contributed by atoms with Gasteiger partial charge >= 0.3 is 6.09 Å². The van der Waals surface area contributed by atoms with E-state index in [2.05, 4.69) is 21.1 Å². The molecule has 0 spiro atoms. The van der Waals surface area contributed by atoms with Crippen molar-refractivity contribution in [3.05, 3.63) is 66.2 Å². The first-order valence-electron chi connectivity index (χ1n) is 17.2. The smallest absolute Gasteiger partial charge is 0.408 e. The number of fused-ring (bicyclic) bond motifs is 3. The van der Waals surface area contributed by atoms with Crippen molar-refractivity contribution in [1.29, 1.82) is 0 Å². The van der Waals surface area contributed by atoms with Crippen LogP contribution in [0.5, 0.6) is 10.9 Å². The number of hydroxylamine groups is 1. The number of allylic oxidation sites excluding steroid dienone is 1. The average Bonchev–Trinajstić information content (AvgIpc) is 3.37. The van der Waals surface area contributed by atoms with Gasteiger partial charge < -0.3 is 29.8 Å². The topological polar surface area (TPSA) is 148 Å². The van der Waals surface area contributed by atoms with Crippen LogP contribution in [0.15, 0.2) is 60.7 Å². The zero-order chi connectivity index (χ0) is 35.5. The Kier molecular flexibility index (Phi) is 10.3. The van der Waals surface area contributed by atoms with Gasteiger partial charge in [0.15, 0.2) is 5.75 Å². The standard InChI is InChI=1S/C37H45N5O7S/c1-23-17-18-27-30(19-23)50-35(39-27)47-26-20-29-31(43)40-37(33(45)41-49-25-14-10-8-11-15-25)21-24(37)13-9-6-5-7-12-16-28(32(44)42(29)22-26)38-34(46)48-36(2,3)4/h8-11,13-15,17-19,24,26,28-29H,5-7,12,16,20-22H2,1-4H3,(H,38,46)(H,40,43)(H,41,45)/b13-9-/t24-,26-,28+,29+,37-/m1/s1. The number of alkyl carbamates (subject to hydrolysis) is 1. The molecule has 2 aromatic carbocycles. The van der Waals surface area contributed by atoms with Gasteiger partial charge in [-0.25, -0.2) is 9.78 Å². The first-order chi connectivity index (χ1) is 23.9. The van der Waals surface area contributed by atoms with E-state index in [1.165, 1.54) is 16.2 Å². The Bertz CT molecular complexity index is 1760. The number of para-hydroxylation sites is 1. The molecule has 50 heavy (non-hydrogen) atoms. The van der Waals surface area contributed by atoms with Crippen molar-refractivity contribution in [3.8, 4) is 10.9 Å². The lowest BCUT2D eigenvalue weighted by Gasteiger charge is -2.30. The van der Waals surface area contributed by atoms with Crippen LogP contribution < -0.4 is 25.7 Å². The largest absolute Gasteiger partial charge is 0.465 e. The molecule has 2 aliphatic heterocycles. The normalized spacial score (nSPS) is 26.4. The van der Waals surface area contributed by atoms with E-state index < -0.39 is 53.1 Å². The molecule has 12 nitrogen and oxygen atoms in total. The van der Waals surface area contributed by atoms with Crippen molar-refractivity contribution in [2.75, 3.05) is 6.54 Å². The van der Waals surface area contributed by atoms with Gasteiger partial charge in [-0.2, -0.15) is 5.48 Å². The highest BCUT2D eigenvalue weighted by Gasteiger charge is 2.61. The van der Waals surface area contributed by atoms with E-state index in [1.54, 1.807) is 45.0 Å². The molecule has 0 unspecified atom stereocenters. The first kappa shape index (κ1) is 35.2. The van der Waals surface area contributed by atoms with E-state index in [1.807, 2.05) is 43.3 Å². The summed E-state index contributed by atoms with van der Waals surface area (Å²) >= 11 is 1.40. The zero-order valence-corrected chi connectivity index (χ0v) is 29.7. The van der Waals surface area contributed by atoms with Crippen LogP contribution in [0.4, 0.5) is 4.79 Å². The van der Waals surface area contributed by atoms with E-state index in [4.69, 9.17) is 14.3 Å². The van der Waals surface area contributed by atoms with Crippen LogP contribution in [-0.2, 0) is 19.1 Å². The number of hydrogen-bond acceptors (Lipinski definition) is 9. The van der Waals surface area contributed by atoms with Gasteiger partial charge in [0.05, 0.1) is 16.8 Å². The highest BCUT2D eigenvalue weighted by atomic mass is 32.1. The van der Waals surface area contributed by atoms with E-state index in [0.717, 1.165) is 35.0 Å². The first-order valence-corrected chi connectivity index (χ1v) is 18.1. The molecule has 1 aliphatic carbocycles. The minimum atomic E-state index is -1.25. The van der Waals surface area contributed by atoms with Crippen LogP contribution in [0, 0.1) is 12.8 Å². The number of nitrogens with one attached hydrogen (secondary N) is 3. The van der Waals surface area contributed by atoms with Crippen LogP contribution in [0.25, 0.3) is 10.2 Å². The van der Waals surface area contributed by atoms with Gasteiger partial charge in [-0.15, -0.1) is 0 Å². The van der Waals surface area contributed by atoms with Crippen LogP contribution in [0.3, 0.4) is 0 Å². The Labute approximate surface area is 295 Å². The van der Waals surface area contributed by atoms with Gasteiger partial charge in [0, 0.05) is 12.3 Å². The second-order valence-corrected chi connectivity index (χ2v) is 15.3. The van der Waals surface area contributed by atoms with E-state index in [9.17, 15) is 19.2 Å². The molecule has 13 heteroatoms. The zero-order valence-electron chi connectivity index (χ0n) is 28.9. The number of hydrogen-bond donors (Lipinski definition) is 3. The molecule has 5 atom stereocenters. The van der Waals surface area contributed by atoms with Gasteiger partial charge in [0.2, 0.25) is 11.8 Å². The number of aryl methyl sites for hydroxylation is 1. The predicted molar refractivity (Wildman–Crippen MR) is 188 cm³/mol. The fourth-order valence-corrected chi connectivity index (χ4v) is 7.48. The summed E-state index contributed by atoms with van der Waals surface area (Å²) in [5.41, 5.74) is 2.42. The predicted octanol–water partition coefficient (Wildman–Crippen LogP) is 5.35. The summed E-state index contributed by atoms with van der Waals surface area (Å²) < 4.78 is 12.8. The average molecular weight is 704 g/mol. The molecule has 3 N–H and O–H groups in total. The molecule has 1 saturated carbocycles. The molecular weight excluding hydrogens is 659 g/mol. The Hall–Kier alpha value is -4.65. The molecule has 3 aliphatic rings. The van der Waals surface area contributed by atoms with Crippen LogP contribution >= 0.6 is 11.3 Å². The second kappa shape index (κ2) is 14.7. The summed E-state index contributed by atoms with van der Waals surface area (Å²) in [5, 5.41) is 6.23. The highest BCUT2D eigenvalue weighted by Crippen LogP contribution is 2.45. The molecule has 1 saturated heterocycles. The third-order valence-electron chi connectivity index (χ3n) is 9.13. The van der Waals surface area contributed by atoms with Crippen molar-refractivity contribution in [2.45, 2.75) is 102 Å². The third kappa shape index (κ3) is 8.38. The van der Waals surface area contributed by atoms with Gasteiger partial charge in [-0.05, 0) is 83.2 Å². The van der Waals surface area contributed by atoms with Crippen LogP contribution in [-0.4, -0.2) is 69.6 Å². The van der Waals surface area contributed by atoms with E-state index >= 15 is 0 Å². The lowest BCUT2D eigenvalue weighted by atomic mass is 10.0. The summed E-state index contributed by atoms with van der Waals surface area (Å²) in [4.78, 5) is 66.9. The van der Waals surface area contributed by atoms with Crippen molar-refractivity contribution < 1.29 is 33.5 Å². The summed E-state index contributed by atoms with van der Waals surface area (Å²) in [6, 6.07) is 12.9. The maximum atomic E-state index is 14.3.